The van der Waals surface area contributed by atoms with E-state index in [0.717, 1.165) is 48.4 Å². The van der Waals surface area contributed by atoms with Crippen molar-refractivity contribution in [2.75, 3.05) is 17.2 Å². The maximum Gasteiger partial charge on any atom is 0.339 e. The number of benzene rings is 1. The molecule has 2 fully saturated rings. The fourth-order valence-corrected chi connectivity index (χ4v) is 4.46. The van der Waals surface area contributed by atoms with Crippen molar-refractivity contribution in [1.29, 1.82) is 0 Å². The van der Waals surface area contributed by atoms with Crippen LogP contribution < -0.4 is 10.6 Å². The van der Waals surface area contributed by atoms with E-state index in [1.54, 1.807) is 12.3 Å². The second-order valence-corrected chi connectivity index (χ2v) is 9.90. The Morgan fingerprint density at radius 1 is 1.18 bits per heavy atom. The zero-order valence-corrected chi connectivity index (χ0v) is 19.2. The Balaban J connectivity index is 1.32. The number of fused-ring (bicyclic) bond motifs is 1. The van der Waals surface area contributed by atoms with Crippen LogP contribution in [0.25, 0.3) is 11.5 Å². The molecule has 176 valence electrons. The highest BCUT2D eigenvalue weighted by atomic mass is 16.6. The highest BCUT2D eigenvalue weighted by Gasteiger charge is 2.38. The number of aliphatic hydroxyl groups is 1. The van der Waals surface area contributed by atoms with Gasteiger partial charge in [-0.1, -0.05) is 5.16 Å². The number of carbonyl (C=O) groups excluding carboxylic acids is 1. The maximum atomic E-state index is 12.1. The van der Waals surface area contributed by atoms with Gasteiger partial charge in [-0.05, 0) is 63.6 Å². The number of pyridine rings is 1. The molecule has 3 N–H and O–H groups in total. The SMILES string of the molecule is CC1(C)OC(=O)c2ccc(Nc3cc(NC(CO)C4CC4)c(-c4nc(C5CC5)no4)cn3)cc21. The molecule has 1 unspecified atom stereocenters. The predicted octanol–water partition coefficient (Wildman–Crippen LogP) is 4.34. The van der Waals surface area contributed by atoms with E-state index in [-0.39, 0.29) is 18.6 Å². The molecule has 0 spiro atoms. The van der Waals surface area contributed by atoms with Gasteiger partial charge in [0.1, 0.15) is 11.4 Å². The van der Waals surface area contributed by atoms with E-state index in [2.05, 4.69) is 25.8 Å². The van der Waals surface area contributed by atoms with Crippen LogP contribution in [0.5, 0.6) is 0 Å². The molecule has 1 atom stereocenters. The Labute approximate surface area is 196 Å². The lowest BCUT2D eigenvalue weighted by Crippen LogP contribution is -2.26. The van der Waals surface area contributed by atoms with E-state index in [4.69, 9.17) is 9.26 Å². The standard InChI is InChI=1S/C25H27N5O4/c1-25(2)18-9-15(7-8-16(18)24(32)33-25)27-21-10-19(28-20(12-31)13-3-4-13)17(11-26-21)23-29-22(30-34-23)14-5-6-14/h7-11,13-14,20,31H,3-6,12H2,1-2H3,(H2,26,27,28). The number of hydrogen-bond acceptors (Lipinski definition) is 9. The third-order valence-electron chi connectivity index (χ3n) is 6.76. The van der Waals surface area contributed by atoms with Gasteiger partial charge in [0, 0.05) is 29.4 Å². The summed E-state index contributed by atoms with van der Waals surface area (Å²) in [5, 5.41) is 20.9. The molecular formula is C25H27N5O4. The molecule has 3 aliphatic rings. The lowest BCUT2D eigenvalue weighted by molar-refractivity contribution is 0.00954. The van der Waals surface area contributed by atoms with E-state index in [1.165, 1.54) is 0 Å². The molecule has 0 amide bonds. The highest BCUT2D eigenvalue weighted by molar-refractivity contribution is 5.95. The van der Waals surface area contributed by atoms with Crippen molar-refractivity contribution in [2.45, 2.75) is 57.1 Å². The van der Waals surface area contributed by atoms with Gasteiger partial charge in [-0.2, -0.15) is 4.98 Å². The number of carbonyl (C=O) groups is 1. The van der Waals surface area contributed by atoms with Crippen molar-refractivity contribution in [1.82, 2.24) is 15.1 Å². The number of rotatable bonds is 8. The topological polar surface area (TPSA) is 122 Å². The summed E-state index contributed by atoms with van der Waals surface area (Å²) in [5.41, 5.74) is 3.02. The van der Waals surface area contributed by atoms with Crippen LogP contribution in [0.15, 0.2) is 35.0 Å². The summed E-state index contributed by atoms with van der Waals surface area (Å²) in [6.07, 6.45) is 6.09. The maximum absolute atomic E-state index is 12.1. The Bertz CT molecular complexity index is 1260. The van der Waals surface area contributed by atoms with Gasteiger partial charge in [0.25, 0.3) is 5.89 Å². The molecule has 0 saturated heterocycles. The minimum Gasteiger partial charge on any atom is -0.451 e. The quantitative estimate of drug-likeness (QED) is 0.420. The predicted molar refractivity (Wildman–Crippen MR) is 125 cm³/mol. The first kappa shape index (κ1) is 21.1. The zero-order chi connectivity index (χ0) is 23.4. The minimum atomic E-state index is -0.677. The number of anilines is 3. The molecule has 3 aromatic rings. The molecule has 0 radical (unpaired) electrons. The number of nitrogens with zero attached hydrogens (tertiary/aromatic N) is 3. The van der Waals surface area contributed by atoms with Crippen LogP contribution in [0.3, 0.4) is 0 Å². The first-order valence-corrected chi connectivity index (χ1v) is 11.8. The van der Waals surface area contributed by atoms with Gasteiger partial charge in [-0.25, -0.2) is 9.78 Å². The minimum absolute atomic E-state index is 0.0419. The first-order valence-electron chi connectivity index (χ1n) is 11.8. The van der Waals surface area contributed by atoms with Crippen molar-refractivity contribution >= 4 is 23.2 Å². The molecule has 1 aromatic carbocycles. The number of cyclic esters (lactones) is 1. The van der Waals surface area contributed by atoms with E-state index in [0.29, 0.717) is 34.7 Å². The summed E-state index contributed by atoms with van der Waals surface area (Å²) >= 11 is 0. The van der Waals surface area contributed by atoms with Crippen LogP contribution in [0, 0.1) is 5.92 Å². The fraction of sp³-hybridized carbons (Fsp3) is 0.440. The number of hydrogen-bond donors (Lipinski definition) is 3. The summed E-state index contributed by atoms with van der Waals surface area (Å²) < 4.78 is 11.0. The third-order valence-corrected chi connectivity index (χ3v) is 6.76. The first-order chi connectivity index (χ1) is 16.4. The van der Waals surface area contributed by atoms with E-state index < -0.39 is 5.60 Å². The second-order valence-electron chi connectivity index (χ2n) is 9.90. The summed E-state index contributed by atoms with van der Waals surface area (Å²) in [4.78, 5) is 21.3. The van der Waals surface area contributed by atoms with Crippen LogP contribution in [0.2, 0.25) is 0 Å². The number of nitrogens with one attached hydrogen (secondary N) is 2. The van der Waals surface area contributed by atoms with Gasteiger partial charge in [-0.15, -0.1) is 0 Å². The summed E-state index contributed by atoms with van der Waals surface area (Å²) in [6, 6.07) is 7.37. The molecule has 2 aromatic heterocycles. The van der Waals surface area contributed by atoms with Gasteiger partial charge in [0.15, 0.2) is 5.82 Å². The van der Waals surface area contributed by atoms with Crippen molar-refractivity contribution in [2.24, 2.45) is 5.92 Å². The van der Waals surface area contributed by atoms with Crippen LogP contribution >= 0.6 is 0 Å². The lowest BCUT2D eigenvalue weighted by Gasteiger charge is -2.20. The Kier molecular flexibility index (Phi) is 4.84. The third kappa shape index (κ3) is 3.90. The van der Waals surface area contributed by atoms with Crippen LogP contribution in [0.4, 0.5) is 17.2 Å². The molecule has 9 heteroatoms. The summed E-state index contributed by atoms with van der Waals surface area (Å²) in [6.45, 7) is 3.80. The summed E-state index contributed by atoms with van der Waals surface area (Å²) in [7, 11) is 0. The molecular weight excluding hydrogens is 434 g/mol. The monoisotopic (exact) mass is 461 g/mol. The lowest BCUT2D eigenvalue weighted by atomic mass is 9.95. The number of esters is 1. The van der Waals surface area contributed by atoms with Gasteiger partial charge >= 0.3 is 5.97 Å². The van der Waals surface area contributed by atoms with E-state index in [9.17, 15) is 9.90 Å². The van der Waals surface area contributed by atoms with Crippen molar-refractivity contribution in [3.8, 4) is 11.5 Å². The van der Waals surface area contributed by atoms with E-state index in [1.807, 2.05) is 32.0 Å². The molecule has 3 heterocycles. The number of aromatic nitrogens is 3. The van der Waals surface area contributed by atoms with Crippen molar-refractivity contribution in [3.05, 3.63) is 47.4 Å². The van der Waals surface area contributed by atoms with Crippen LogP contribution in [-0.4, -0.2) is 38.8 Å². The smallest absolute Gasteiger partial charge is 0.339 e. The summed E-state index contributed by atoms with van der Waals surface area (Å²) in [5.74, 6) is 2.31. The van der Waals surface area contributed by atoms with E-state index >= 15 is 0 Å². The average Bonchev–Trinajstić information content (AvgIpc) is 3.75. The zero-order valence-electron chi connectivity index (χ0n) is 19.2. The molecule has 34 heavy (non-hydrogen) atoms. The number of aliphatic hydroxyl groups excluding tert-OH is 1. The molecule has 6 rings (SSSR count). The molecule has 9 nitrogen and oxygen atoms in total. The largest absolute Gasteiger partial charge is 0.451 e. The van der Waals surface area contributed by atoms with Crippen LogP contribution in [-0.2, 0) is 10.3 Å². The van der Waals surface area contributed by atoms with Gasteiger partial charge < -0.3 is 25.0 Å². The second kappa shape index (κ2) is 7.80. The van der Waals surface area contributed by atoms with Gasteiger partial charge in [-0.3, -0.25) is 0 Å². The van der Waals surface area contributed by atoms with Gasteiger partial charge in [0.05, 0.1) is 29.5 Å². The highest BCUT2D eigenvalue weighted by Crippen LogP contribution is 2.41. The molecule has 0 bridgehead atoms. The Morgan fingerprint density at radius 3 is 2.74 bits per heavy atom. The Hall–Kier alpha value is -3.46. The average molecular weight is 462 g/mol. The molecule has 2 aliphatic carbocycles. The van der Waals surface area contributed by atoms with Crippen molar-refractivity contribution in [3.63, 3.8) is 0 Å². The fourth-order valence-electron chi connectivity index (χ4n) is 4.46. The number of ether oxygens (including phenoxy) is 1. The Morgan fingerprint density at radius 2 is 2.00 bits per heavy atom. The van der Waals surface area contributed by atoms with Crippen LogP contribution in [0.1, 0.15) is 67.2 Å². The molecule has 2 saturated carbocycles. The van der Waals surface area contributed by atoms with Crippen molar-refractivity contribution < 1.29 is 19.2 Å². The van der Waals surface area contributed by atoms with Gasteiger partial charge in [0.2, 0.25) is 0 Å². The normalized spacial score (nSPS) is 19.4. The molecule has 1 aliphatic heterocycles.